The van der Waals surface area contributed by atoms with Crippen LogP contribution < -0.4 is 5.32 Å². The van der Waals surface area contributed by atoms with Crippen molar-refractivity contribution in [3.05, 3.63) is 63.5 Å². The molecule has 6 heteroatoms. The lowest BCUT2D eigenvalue weighted by molar-refractivity contribution is -0.387. The highest BCUT2D eigenvalue weighted by Crippen LogP contribution is 2.29. The zero-order chi connectivity index (χ0) is 15.6. The second-order valence-corrected chi connectivity index (χ2v) is 4.85. The predicted molar refractivity (Wildman–Crippen MR) is 77.9 cm³/mol. The van der Waals surface area contributed by atoms with E-state index >= 15 is 0 Å². The van der Waals surface area contributed by atoms with E-state index in [1.54, 1.807) is 19.1 Å². The number of benzene rings is 2. The number of hydrogen-bond donors (Lipinski definition) is 2. The molecule has 5 nitrogen and oxygen atoms in total. The van der Waals surface area contributed by atoms with Crippen LogP contribution in [-0.4, -0.2) is 10.0 Å². The van der Waals surface area contributed by atoms with Gasteiger partial charge in [-0.1, -0.05) is 12.1 Å². The summed E-state index contributed by atoms with van der Waals surface area (Å²) < 4.78 is 13.3. The molecule has 2 rings (SSSR count). The van der Waals surface area contributed by atoms with Crippen molar-refractivity contribution in [2.75, 3.05) is 5.32 Å². The third-order valence-electron chi connectivity index (χ3n) is 3.18. The number of phenols is 1. The first-order chi connectivity index (χ1) is 9.88. The van der Waals surface area contributed by atoms with Crippen LogP contribution in [0.3, 0.4) is 0 Å². The van der Waals surface area contributed by atoms with E-state index in [1.807, 2.05) is 13.0 Å². The average Bonchev–Trinajstić information content (AvgIpc) is 2.40. The molecule has 0 spiro atoms. The van der Waals surface area contributed by atoms with Gasteiger partial charge in [0, 0.05) is 17.3 Å². The summed E-state index contributed by atoms with van der Waals surface area (Å²) in [6.07, 6.45) is 0. The van der Waals surface area contributed by atoms with Gasteiger partial charge in [0.15, 0.2) is 0 Å². The Kier molecular flexibility index (Phi) is 4.07. The molecule has 0 aliphatic heterocycles. The van der Waals surface area contributed by atoms with Crippen molar-refractivity contribution in [1.82, 2.24) is 0 Å². The molecular formula is C15H15FN2O3. The Labute approximate surface area is 121 Å². The first-order valence-electron chi connectivity index (χ1n) is 6.38. The quantitative estimate of drug-likeness (QED) is 0.661. The first kappa shape index (κ1) is 14.8. The van der Waals surface area contributed by atoms with Crippen LogP contribution in [0.5, 0.6) is 5.75 Å². The number of phenolic OH excluding ortho intramolecular Hbond substituents is 1. The Hall–Kier alpha value is -2.63. The summed E-state index contributed by atoms with van der Waals surface area (Å²) in [6, 6.07) is 8.60. The monoisotopic (exact) mass is 290 g/mol. The molecule has 21 heavy (non-hydrogen) atoms. The highest BCUT2D eigenvalue weighted by atomic mass is 19.1. The number of halogens is 1. The zero-order valence-corrected chi connectivity index (χ0v) is 11.6. The van der Waals surface area contributed by atoms with Crippen molar-refractivity contribution in [2.24, 2.45) is 0 Å². The lowest BCUT2D eigenvalue weighted by Crippen LogP contribution is -2.07. The summed E-state index contributed by atoms with van der Waals surface area (Å²) in [5, 5.41) is 23.6. The Morgan fingerprint density at radius 2 is 2.00 bits per heavy atom. The molecule has 0 fully saturated rings. The number of anilines is 1. The van der Waals surface area contributed by atoms with Gasteiger partial charge in [-0.3, -0.25) is 10.1 Å². The molecule has 0 aliphatic rings. The smallest absolute Gasteiger partial charge is 0.306 e. The number of rotatable bonds is 4. The van der Waals surface area contributed by atoms with Gasteiger partial charge in [0.1, 0.15) is 5.75 Å². The third-order valence-corrected chi connectivity index (χ3v) is 3.18. The largest absolute Gasteiger partial charge is 0.508 e. The predicted octanol–water partition coefficient (Wildman–Crippen LogP) is 3.92. The summed E-state index contributed by atoms with van der Waals surface area (Å²) >= 11 is 0. The molecule has 2 N–H and O–H groups in total. The van der Waals surface area contributed by atoms with Crippen LogP contribution in [0.1, 0.15) is 24.1 Å². The van der Waals surface area contributed by atoms with Gasteiger partial charge in [-0.25, -0.2) is 0 Å². The Balaban J connectivity index is 2.25. The lowest BCUT2D eigenvalue weighted by Gasteiger charge is -2.17. The Morgan fingerprint density at radius 1 is 1.29 bits per heavy atom. The van der Waals surface area contributed by atoms with Crippen LogP contribution >= 0.6 is 0 Å². The van der Waals surface area contributed by atoms with E-state index in [1.165, 1.54) is 6.07 Å². The van der Waals surface area contributed by atoms with Crippen molar-refractivity contribution in [3.63, 3.8) is 0 Å². The molecule has 0 saturated carbocycles. The maximum atomic E-state index is 13.3. The minimum atomic E-state index is -0.878. The van der Waals surface area contributed by atoms with Crippen LogP contribution in [0.4, 0.5) is 15.8 Å². The van der Waals surface area contributed by atoms with Crippen molar-refractivity contribution in [3.8, 4) is 5.75 Å². The van der Waals surface area contributed by atoms with Crippen LogP contribution in [0, 0.1) is 22.9 Å². The van der Waals surface area contributed by atoms with Crippen LogP contribution in [0.15, 0.2) is 36.4 Å². The van der Waals surface area contributed by atoms with Crippen LogP contribution in [0.25, 0.3) is 0 Å². The van der Waals surface area contributed by atoms with Gasteiger partial charge >= 0.3 is 5.69 Å². The zero-order valence-electron chi connectivity index (χ0n) is 11.6. The second-order valence-electron chi connectivity index (χ2n) is 4.85. The molecule has 0 saturated heterocycles. The molecule has 1 unspecified atom stereocenters. The van der Waals surface area contributed by atoms with Gasteiger partial charge in [-0.05, 0) is 37.6 Å². The fourth-order valence-corrected chi connectivity index (χ4v) is 2.09. The van der Waals surface area contributed by atoms with Gasteiger partial charge in [-0.2, -0.15) is 4.39 Å². The number of nitro benzene ring substituents is 1. The van der Waals surface area contributed by atoms with Crippen molar-refractivity contribution >= 4 is 11.4 Å². The van der Waals surface area contributed by atoms with E-state index in [9.17, 15) is 19.6 Å². The maximum absolute atomic E-state index is 13.3. The fourth-order valence-electron chi connectivity index (χ4n) is 2.09. The number of nitrogens with zero attached hydrogens (tertiary/aromatic N) is 1. The Morgan fingerprint density at radius 3 is 2.62 bits per heavy atom. The molecule has 0 heterocycles. The molecule has 0 aromatic heterocycles. The van der Waals surface area contributed by atoms with Gasteiger partial charge in [0.05, 0.1) is 11.0 Å². The maximum Gasteiger partial charge on any atom is 0.306 e. The molecule has 0 radical (unpaired) electrons. The van der Waals surface area contributed by atoms with E-state index in [2.05, 4.69) is 5.32 Å². The molecule has 0 bridgehead atoms. The number of nitro groups is 1. The van der Waals surface area contributed by atoms with Gasteiger partial charge < -0.3 is 10.4 Å². The fraction of sp³-hybridized carbons (Fsp3) is 0.200. The highest BCUT2D eigenvalue weighted by molar-refractivity contribution is 5.54. The molecule has 1 atom stereocenters. The summed E-state index contributed by atoms with van der Waals surface area (Å²) in [5.41, 5.74) is 1.42. The summed E-state index contributed by atoms with van der Waals surface area (Å²) in [5.74, 6) is -0.733. The third kappa shape index (κ3) is 3.28. The summed E-state index contributed by atoms with van der Waals surface area (Å²) in [4.78, 5) is 9.95. The minimum Gasteiger partial charge on any atom is -0.508 e. The minimum absolute atomic E-state index is 0.145. The molecule has 0 amide bonds. The van der Waals surface area contributed by atoms with E-state index in [0.29, 0.717) is 11.3 Å². The Bertz CT molecular complexity index is 689. The lowest BCUT2D eigenvalue weighted by atomic mass is 10.0. The molecule has 110 valence electrons. The van der Waals surface area contributed by atoms with Crippen LogP contribution in [0.2, 0.25) is 0 Å². The summed E-state index contributed by atoms with van der Waals surface area (Å²) in [7, 11) is 0. The first-order valence-corrected chi connectivity index (χ1v) is 6.38. The van der Waals surface area contributed by atoms with Crippen molar-refractivity contribution in [1.29, 1.82) is 0 Å². The number of aromatic hydroxyl groups is 1. The normalized spacial score (nSPS) is 12.0. The highest BCUT2D eigenvalue weighted by Gasteiger charge is 2.16. The van der Waals surface area contributed by atoms with Crippen molar-refractivity contribution in [2.45, 2.75) is 19.9 Å². The standard InChI is InChI=1S/C15H15FN2O3/c1-9-3-5-12(15(19)7-9)10(2)17-11-4-6-13(16)14(8-11)18(20)21/h3-8,10,17,19H,1-2H3. The number of nitrogens with one attached hydrogen (secondary N) is 1. The molecular weight excluding hydrogens is 275 g/mol. The van der Waals surface area contributed by atoms with Crippen LogP contribution in [-0.2, 0) is 0 Å². The average molecular weight is 290 g/mol. The van der Waals surface area contributed by atoms with E-state index < -0.39 is 16.4 Å². The van der Waals surface area contributed by atoms with E-state index in [4.69, 9.17) is 0 Å². The SMILES string of the molecule is Cc1ccc(C(C)Nc2ccc(F)c([N+](=O)[O-])c2)c(O)c1. The van der Waals surface area contributed by atoms with Gasteiger partial charge in [0.25, 0.3) is 0 Å². The van der Waals surface area contributed by atoms with E-state index in [0.717, 1.165) is 17.7 Å². The van der Waals surface area contributed by atoms with Crippen molar-refractivity contribution < 1.29 is 14.4 Å². The van der Waals surface area contributed by atoms with E-state index in [-0.39, 0.29) is 11.8 Å². The topological polar surface area (TPSA) is 75.4 Å². The van der Waals surface area contributed by atoms with Gasteiger partial charge in [-0.15, -0.1) is 0 Å². The number of aryl methyl sites for hydroxylation is 1. The molecule has 0 aliphatic carbocycles. The number of hydrogen-bond acceptors (Lipinski definition) is 4. The van der Waals surface area contributed by atoms with Gasteiger partial charge in [0.2, 0.25) is 5.82 Å². The second kappa shape index (κ2) is 5.78. The molecule has 2 aromatic rings. The summed E-state index contributed by atoms with van der Waals surface area (Å²) in [6.45, 7) is 3.67. The molecule has 2 aromatic carbocycles.